The lowest BCUT2D eigenvalue weighted by Gasteiger charge is -2.60. The molecule has 4 bridgehead atoms. The second kappa shape index (κ2) is 6.36. The minimum Gasteiger partial charge on any atom is -0.376 e. The van der Waals surface area contributed by atoms with Gasteiger partial charge in [-0.3, -0.25) is 0 Å². The molecule has 0 saturated heterocycles. The lowest BCUT2D eigenvalue weighted by molar-refractivity contribution is -0.185. The monoisotopic (exact) mass is 363 g/mol. The molecule has 25 heavy (non-hydrogen) atoms. The van der Waals surface area contributed by atoms with Gasteiger partial charge in [-0.1, -0.05) is 29.8 Å². The molecule has 0 aromatic heterocycles. The maximum absolute atomic E-state index is 12.6. The molecule has 4 aliphatic carbocycles. The summed E-state index contributed by atoms with van der Waals surface area (Å²) in [5.41, 5.74) is 1.62. The average Bonchev–Trinajstić information content (AvgIpc) is 2.54. The fourth-order valence-electron chi connectivity index (χ4n) is 5.97. The lowest BCUT2D eigenvalue weighted by atomic mass is 9.50. The molecule has 1 aromatic rings. The lowest BCUT2D eigenvalue weighted by Crippen LogP contribution is -2.63. The van der Waals surface area contributed by atoms with Crippen molar-refractivity contribution in [2.24, 2.45) is 23.7 Å². The van der Waals surface area contributed by atoms with Crippen LogP contribution in [0.4, 0.5) is 0 Å². The van der Waals surface area contributed by atoms with Gasteiger partial charge in [0.25, 0.3) is 0 Å². The van der Waals surface area contributed by atoms with Crippen LogP contribution < -0.4 is 4.72 Å². The Labute approximate surface area is 151 Å². The van der Waals surface area contributed by atoms with Crippen LogP contribution in [-0.4, -0.2) is 27.7 Å². The van der Waals surface area contributed by atoms with Gasteiger partial charge in [-0.15, -0.1) is 0 Å². The van der Waals surface area contributed by atoms with Crippen molar-refractivity contribution >= 4 is 10.0 Å². The van der Waals surface area contributed by atoms with Crippen molar-refractivity contribution in [2.75, 3.05) is 13.7 Å². The predicted molar refractivity (Wildman–Crippen MR) is 98.6 cm³/mol. The zero-order chi connectivity index (χ0) is 17.7. The first-order valence-corrected chi connectivity index (χ1v) is 11.1. The van der Waals surface area contributed by atoms with E-state index < -0.39 is 10.0 Å². The van der Waals surface area contributed by atoms with E-state index in [2.05, 4.69) is 4.72 Å². The molecule has 1 N–H and O–H groups in total. The summed E-state index contributed by atoms with van der Waals surface area (Å²) in [6.45, 7) is 2.41. The van der Waals surface area contributed by atoms with Crippen LogP contribution in [0.3, 0.4) is 0 Å². The van der Waals surface area contributed by atoms with Crippen molar-refractivity contribution in [3.05, 3.63) is 35.4 Å². The van der Waals surface area contributed by atoms with Gasteiger partial charge in [0, 0.05) is 13.7 Å². The third-order valence-electron chi connectivity index (χ3n) is 6.91. The Morgan fingerprint density at radius 1 is 1.12 bits per heavy atom. The molecule has 4 aliphatic rings. The summed E-state index contributed by atoms with van der Waals surface area (Å²) in [4.78, 5) is 0. The maximum atomic E-state index is 12.6. The van der Waals surface area contributed by atoms with Crippen LogP contribution in [-0.2, 0) is 20.5 Å². The van der Waals surface area contributed by atoms with Crippen LogP contribution in [0, 0.1) is 30.6 Å². The van der Waals surface area contributed by atoms with E-state index in [1.165, 1.54) is 32.1 Å². The fourth-order valence-corrected chi connectivity index (χ4v) is 7.14. The van der Waals surface area contributed by atoms with Gasteiger partial charge in [-0.25, -0.2) is 13.1 Å². The molecule has 4 fully saturated rings. The number of aryl methyl sites for hydroxylation is 1. The second-order valence-corrected chi connectivity index (χ2v) is 10.3. The van der Waals surface area contributed by atoms with Crippen LogP contribution in [0.1, 0.15) is 43.2 Å². The number of sulfonamides is 1. The molecule has 138 valence electrons. The Kier molecular flexibility index (Phi) is 4.45. The summed E-state index contributed by atoms with van der Waals surface area (Å²) in [5, 5.41) is 0. The van der Waals surface area contributed by atoms with Crippen molar-refractivity contribution in [1.82, 2.24) is 4.72 Å². The molecule has 5 heteroatoms. The van der Waals surface area contributed by atoms with E-state index in [1.807, 2.05) is 31.2 Å². The van der Waals surface area contributed by atoms with Crippen LogP contribution in [0.15, 0.2) is 24.3 Å². The largest absolute Gasteiger partial charge is 0.376 e. The summed E-state index contributed by atoms with van der Waals surface area (Å²) in [7, 11) is -1.59. The zero-order valence-electron chi connectivity index (χ0n) is 15.2. The number of hydrogen-bond donors (Lipinski definition) is 1. The highest BCUT2D eigenvalue weighted by atomic mass is 32.2. The normalized spacial score (nSPS) is 36.7. The summed E-state index contributed by atoms with van der Waals surface area (Å²) < 4.78 is 34.2. The highest BCUT2D eigenvalue weighted by Crippen LogP contribution is 2.59. The van der Waals surface area contributed by atoms with Crippen LogP contribution >= 0.6 is 0 Å². The zero-order valence-corrected chi connectivity index (χ0v) is 16.0. The average molecular weight is 364 g/mol. The predicted octanol–water partition coefficient (Wildman–Crippen LogP) is 3.26. The number of hydrogen-bond acceptors (Lipinski definition) is 3. The Balaban J connectivity index is 1.47. The number of ether oxygens (including phenoxy) is 1. The Morgan fingerprint density at radius 3 is 2.32 bits per heavy atom. The molecule has 0 spiro atoms. The van der Waals surface area contributed by atoms with Gasteiger partial charge >= 0.3 is 0 Å². The van der Waals surface area contributed by atoms with E-state index >= 15 is 0 Å². The van der Waals surface area contributed by atoms with Gasteiger partial charge in [0.1, 0.15) is 0 Å². The molecular formula is C20H29NO3S. The SMILES string of the molecule is COC1(CNS(=O)(=O)Cc2cccc(C)c2)C2CC3CC(C2)CC1C3. The first-order valence-electron chi connectivity index (χ1n) is 9.48. The fraction of sp³-hybridized carbons (Fsp3) is 0.700. The standard InChI is InChI=1S/C20H29NO3S/c1-14-4-3-5-15(6-14)12-25(22,23)21-13-20(24-2)18-8-16-7-17(10-18)11-19(20)9-16/h3-6,16-19,21H,7-13H2,1-2H3. The number of benzene rings is 1. The van der Waals surface area contributed by atoms with Gasteiger partial charge in [0.05, 0.1) is 11.4 Å². The summed E-state index contributed by atoms with van der Waals surface area (Å²) in [5.74, 6) is 2.74. The van der Waals surface area contributed by atoms with Gasteiger partial charge < -0.3 is 4.74 Å². The number of methoxy groups -OCH3 is 1. The molecule has 4 nitrogen and oxygen atoms in total. The van der Waals surface area contributed by atoms with E-state index in [1.54, 1.807) is 7.11 Å². The summed E-state index contributed by atoms with van der Waals surface area (Å²) in [6.07, 6.45) is 6.22. The highest BCUT2D eigenvalue weighted by molar-refractivity contribution is 7.88. The quantitative estimate of drug-likeness (QED) is 0.844. The molecule has 0 atom stereocenters. The molecule has 0 unspecified atom stereocenters. The highest BCUT2D eigenvalue weighted by Gasteiger charge is 2.57. The maximum Gasteiger partial charge on any atom is 0.215 e. The van der Waals surface area contributed by atoms with E-state index in [0.29, 0.717) is 18.4 Å². The minimum atomic E-state index is -3.36. The van der Waals surface area contributed by atoms with E-state index in [4.69, 9.17) is 4.74 Å². The van der Waals surface area contributed by atoms with Crippen molar-refractivity contribution in [2.45, 2.75) is 50.4 Å². The summed E-state index contributed by atoms with van der Waals surface area (Å²) in [6, 6.07) is 7.71. The van der Waals surface area contributed by atoms with E-state index in [9.17, 15) is 8.42 Å². The first-order chi connectivity index (χ1) is 11.9. The van der Waals surface area contributed by atoms with Gasteiger partial charge in [-0.2, -0.15) is 0 Å². The third-order valence-corrected chi connectivity index (χ3v) is 8.21. The molecule has 4 saturated carbocycles. The van der Waals surface area contributed by atoms with E-state index in [-0.39, 0.29) is 11.4 Å². The molecular weight excluding hydrogens is 334 g/mol. The molecule has 0 aliphatic heterocycles. The van der Waals surface area contributed by atoms with Crippen LogP contribution in [0.5, 0.6) is 0 Å². The van der Waals surface area contributed by atoms with Crippen LogP contribution in [0.2, 0.25) is 0 Å². The van der Waals surface area contributed by atoms with Gasteiger partial charge in [0.15, 0.2) is 0 Å². The van der Waals surface area contributed by atoms with Gasteiger partial charge in [-0.05, 0) is 68.3 Å². The molecule has 0 amide bonds. The van der Waals surface area contributed by atoms with Gasteiger partial charge in [0.2, 0.25) is 10.0 Å². The van der Waals surface area contributed by atoms with Crippen LogP contribution in [0.25, 0.3) is 0 Å². The summed E-state index contributed by atoms with van der Waals surface area (Å²) >= 11 is 0. The molecule has 5 rings (SSSR count). The van der Waals surface area contributed by atoms with E-state index in [0.717, 1.165) is 23.0 Å². The Hall–Kier alpha value is -0.910. The minimum absolute atomic E-state index is 0.0368. The molecule has 0 heterocycles. The molecule has 0 radical (unpaired) electrons. The van der Waals surface area contributed by atoms with Crippen molar-refractivity contribution < 1.29 is 13.2 Å². The smallest absolute Gasteiger partial charge is 0.215 e. The van der Waals surface area contributed by atoms with Crippen molar-refractivity contribution in [1.29, 1.82) is 0 Å². The Morgan fingerprint density at radius 2 is 1.76 bits per heavy atom. The topological polar surface area (TPSA) is 55.4 Å². The second-order valence-electron chi connectivity index (χ2n) is 8.53. The Bertz CT molecular complexity index is 715. The first kappa shape index (κ1) is 17.5. The molecule has 1 aromatic carbocycles. The van der Waals surface area contributed by atoms with Crippen molar-refractivity contribution in [3.63, 3.8) is 0 Å². The number of nitrogens with one attached hydrogen (secondary N) is 1. The number of rotatable bonds is 6. The van der Waals surface area contributed by atoms with Crippen molar-refractivity contribution in [3.8, 4) is 0 Å². The third kappa shape index (κ3) is 3.26.